The van der Waals surface area contributed by atoms with Gasteiger partial charge in [-0.25, -0.2) is 13.1 Å². The molecule has 0 amide bonds. The molecular formula is C9H9BrN4O3S. The fraction of sp³-hybridized carbons (Fsp3) is 0.111. The lowest BCUT2D eigenvalue weighted by Gasteiger charge is -2.06. The number of nitrogens with zero attached hydrogens (tertiary/aromatic N) is 2. The number of nitrogens with one attached hydrogen (secondary N) is 1. The molecule has 0 bridgehead atoms. The van der Waals surface area contributed by atoms with Gasteiger partial charge in [0.25, 0.3) is 0 Å². The van der Waals surface area contributed by atoms with Gasteiger partial charge in [-0.3, -0.25) is 0 Å². The third-order valence-corrected chi connectivity index (χ3v) is 4.20. The number of aromatic nitrogens is 2. The molecule has 2 aromatic rings. The zero-order chi connectivity index (χ0) is 13.2. The van der Waals surface area contributed by atoms with Gasteiger partial charge in [-0.1, -0.05) is 5.16 Å². The summed E-state index contributed by atoms with van der Waals surface area (Å²) in [7, 11) is -3.63. The second kappa shape index (κ2) is 5.04. The smallest absolute Gasteiger partial charge is 0.241 e. The van der Waals surface area contributed by atoms with E-state index >= 15 is 0 Å². The molecule has 9 heteroatoms. The minimum atomic E-state index is -3.63. The molecule has 0 spiro atoms. The summed E-state index contributed by atoms with van der Waals surface area (Å²) in [6, 6.07) is 4.35. The number of hydrogen-bond donors (Lipinski definition) is 2. The second-order valence-corrected chi connectivity index (χ2v) is 5.98. The fourth-order valence-corrected chi connectivity index (χ4v) is 2.72. The summed E-state index contributed by atoms with van der Waals surface area (Å²) in [5, 5.41) is 3.50. The number of halogens is 1. The number of anilines is 1. The lowest BCUT2D eigenvalue weighted by atomic mass is 10.3. The lowest BCUT2D eigenvalue weighted by Crippen LogP contribution is -2.23. The number of rotatable bonds is 4. The number of sulfonamides is 1. The van der Waals surface area contributed by atoms with Gasteiger partial charge in [-0.05, 0) is 34.1 Å². The van der Waals surface area contributed by atoms with Gasteiger partial charge in [0, 0.05) is 10.2 Å². The van der Waals surface area contributed by atoms with Crippen LogP contribution in [0.3, 0.4) is 0 Å². The van der Waals surface area contributed by atoms with Gasteiger partial charge in [0.05, 0.1) is 11.4 Å². The summed E-state index contributed by atoms with van der Waals surface area (Å²) in [6.07, 6.45) is 1.13. The van der Waals surface area contributed by atoms with E-state index in [4.69, 9.17) is 5.73 Å². The first-order valence-electron chi connectivity index (χ1n) is 4.79. The molecular weight excluding hydrogens is 324 g/mol. The fourth-order valence-electron chi connectivity index (χ4n) is 1.19. The highest BCUT2D eigenvalue weighted by Crippen LogP contribution is 2.22. The predicted molar refractivity (Wildman–Crippen MR) is 66.9 cm³/mol. The van der Waals surface area contributed by atoms with Crippen LogP contribution in [0.2, 0.25) is 0 Å². The van der Waals surface area contributed by atoms with Crippen LogP contribution in [0.1, 0.15) is 5.82 Å². The largest absolute Gasteiger partial charge is 0.398 e. The van der Waals surface area contributed by atoms with Crippen LogP contribution >= 0.6 is 15.9 Å². The zero-order valence-corrected chi connectivity index (χ0v) is 11.4. The average molecular weight is 333 g/mol. The first-order chi connectivity index (χ1) is 8.49. The average Bonchev–Trinajstić information content (AvgIpc) is 2.83. The van der Waals surface area contributed by atoms with Crippen molar-refractivity contribution in [2.24, 2.45) is 0 Å². The van der Waals surface area contributed by atoms with Crippen molar-refractivity contribution in [1.29, 1.82) is 0 Å². The molecule has 0 saturated carbocycles. The van der Waals surface area contributed by atoms with Crippen molar-refractivity contribution in [3.63, 3.8) is 0 Å². The number of hydrogen-bond acceptors (Lipinski definition) is 6. The monoisotopic (exact) mass is 332 g/mol. The molecule has 7 nitrogen and oxygen atoms in total. The maximum Gasteiger partial charge on any atom is 0.241 e. The Bertz CT molecular complexity index is 642. The number of benzene rings is 1. The molecule has 0 saturated heterocycles. The molecule has 3 N–H and O–H groups in total. The molecule has 1 aromatic carbocycles. The predicted octanol–water partition coefficient (Wildman–Crippen LogP) is 0.893. The van der Waals surface area contributed by atoms with Crippen LogP contribution in [-0.4, -0.2) is 18.6 Å². The van der Waals surface area contributed by atoms with Crippen molar-refractivity contribution in [2.75, 3.05) is 5.73 Å². The SMILES string of the molecule is Nc1ccc(S(=O)(=O)NCc2ncon2)cc1Br. The Balaban J connectivity index is 2.17. The van der Waals surface area contributed by atoms with Gasteiger partial charge in [-0.2, -0.15) is 4.98 Å². The van der Waals surface area contributed by atoms with E-state index in [1.165, 1.54) is 18.2 Å². The van der Waals surface area contributed by atoms with Gasteiger partial charge < -0.3 is 10.3 Å². The van der Waals surface area contributed by atoms with E-state index in [0.29, 0.717) is 10.2 Å². The first-order valence-corrected chi connectivity index (χ1v) is 7.06. The Morgan fingerprint density at radius 1 is 1.44 bits per heavy atom. The van der Waals surface area contributed by atoms with E-state index in [-0.39, 0.29) is 17.3 Å². The highest BCUT2D eigenvalue weighted by molar-refractivity contribution is 9.10. The lowest BCUT2D eigenvalue weighted by molar-refractivity contribution is 0.409. The molecule has 0 aliphatic carbocycles. The molecule has 0 aliphatic rings. The normalized spacial score (nSPS) is 11.6. The van der Waals surface area contributed by atoms with E-state index < -0.39 is 10.0 Å². The van der Waals surface area contributed by atoms with E-state index in [1.54, 1.807) is 0 Å². The van der Waals surface area contributed by atoms with E-state index in [1.807, 2.05) is 0 Å². The summed E-state index contributed by atoms with van der Waals surface area (Å²) in [4.78, 5) is 3.81. The van der Waals surface area contributed by atoms with Gasteiger partial charge >= 0.3 is 0 Å². The van der Waals surface area contributed by atoms with E-state index in [0.717, 1.165) is 6.39 Å². The molecule has 1 heterocycles. The van der Waals surface area contributed by atoms with Crippen LogP contribution in [0.5, 0.6) is 0 Å². The van der Waals surface area contributed by atoms with Gasteiger partial charge in [0.1, 0.15) is 0 Å². The van der Waals surface area contributed by atoms with Crippen molar-refractivity contribution in [3.8, 4) is 0 Å². The maximum absolute atomic E-state index is 11.9. The quantitative estimate of drug-likeness (QED) is 0.804. The molecule has 0 unspecified atom stereocenters. The van der Waals surface area contributed by atoms with Gasteiger partial charge in [-0.15, -0.1) is 0 Å². The summed E-state index contributed by atoms with van der Waals surface area (Å²) >= 11 is 3.17. The van der Waals surface area contributed by atoms with Crippen molar-refractivity contribution < 1.29 is 12.9 Å². The van der Waals surface area contributed by atoms with Gasteiger partial charge in [0.2, 0.25) is 16.4 Å². The second-order valence-electron chi connectivity index (χ2n) is 3.36. The van der Waals surface area contributed by atoms with Crippen LogP contribution in [0.15, 0.2) is 38.5 Å². The number of nitrogen functional groups attached to an aromatic ring is 1. The zero-order valence-electron chi connectivity index (χ0n) is 9.00. The minimum Gasteiger partial charge on any atom is -0.398 e. The van der Waals surface area contributed by atoms with E-state index in [2.05, 4.69) is 35.3 Å². The Morgan fingerprint density at radius 3 is 2.83 bits per heavy atom. The molecule has 18 heavy (non-hydrogen) atoms. The molecule has 0 radical (unpaired) electrons. The molecule has 96 valence electrons. The van der Waals surface area contributed by atoms with Crippen molar-refractivity contribution >= 4 is 31.6 Å². The Kier molecular flexibility index (Phi) is 3.64. The summed E-state index contributed by atoms with van der Waals surface area (Å²) < 4.78 is 31.2. The third-order valence-electron chi connectivity index (χ3n) is 2.11. The third kappa shape index (κ3) is 2.86. The summed E-state index contributed by atoms with van der Waals surface area (Å²) in [6.45, 7) is -0.0408. The van der Waals surface area contributed by atoms with Crippen LogP contribution in [0, 0.1) is 0 Å². The minimum absolute atomic E-state index is 0.0408. The van der Waals surface area contributed by atoms with Crippen molar-refractivity contribution in [3.05, 3.63) is 34.9 Å². The van der Waals surface area contributed by atoms with Crippen molar-refractivity contribution in [2.45, 2.75) is 11.4 Å². The Labute approximate surface area is 112 Å². The summed E-state index contributed by atoms with van der Waals surface area (Å²) in [5.41, 5.74) is 6.05. The van der Waals surface area contributed by atoms with Crippen molar-refractivity contribution in [1.82, 2.24) is 14.9 Å². The Morgan fingerprint density at radius 2 is 2.22 bits per heavy atom. The molecule has 1 aromatic heterocycles. The maximum atomic E-state index is 11.9. The highest BCUT2D eigenvalue weighted by atomic mass is 79.9. The van der Waals surface area contributed by atoms with Crippen LogP contribution < -0.4 is 10.5 Å². The van der Waals surface area contributed by atoms with Gasteiger partial charge in [0.15, 0.2) is 5.82 Å². The van der Waals surface area contributed by atoms with Crippen LogP contribution in [0.4, 0.5) is 5.69 Å². The van der Waals surface area contributed by atoms with E-state index in [9.17, 15) is 8.42 Å². The standard InChI is InChI=1S/C9H9BrN4O3S/c10-7-3-6(1-2-8(7)11)18(15,16)13-4-9-12-5-17-14-9/h1-3,5,13H,4,11H2. The molecule has 0 fully saturated rings. The van der Waals surface area contributed by atoms with Crippen LogP contribution in [0.25, 0.3) is 0 Å². The Hall–Kier alpha value is -1.45. The highest BCUT2D eigenvalue weighted by Gasteiger charge is 2.15. The summed E-state index contributed by atoms with van der Waals surface area (Å²) in [5.74, 6) is 0.257. The molecule has 0 aliphatic heterocycles. The van der Waals surface area contributed by atoms with Crippen LogP contribution in [-0.2, 0) is 16.6 Å². The first kappa shape index (κ1) is 13.0. The topological polar surface area (TPSA) is 111 Å². The molecule has 2 rings (SSSR count). The number of nitrogens with two attached hydrogens (primary N) is 1. The molecule has 0 atom stereocenters.